The van der Waals surface area contributed by atoms with E-state index in [1.54, 1.807) is 6.07 Å². The van der Waals surface area contributed by atoms with Crippen LogP contribution < -0.4 is 4.74 Å². The maximum absolute atomic E-state index is 10.7. The van der Waals surface area contributed by atoms with E-state index in [0.29, 0.717) is 15.6 Å². The van der Waals surface area contributed by atoms with Gasteiger partial charge in [-0.25, -0.2) is 0 Å². The summed E-state index contributed by atoms with van der Waals surface area (Å²) in [5.74, 6) is 0.521. The SMILES string of the molecule is CCC1(CC)C(Br)CC1Oc1ccc([N+](=O)[O-])cc1Cl. The van der Waals surface area contributed by atoms with Gasteiger partial charge >= 0.3 is 0 Å². The molecule has 6 heteroatoms. The molecule has 0 bridgehead atoms. The summed E-state index contributed by atoms with van der Waals surface area (Å²) < 4.78 is 6.00. The lowest BCUT2D eigenvalue weighted by atomic mass is 9.62. The van der Waals surface area contributed by atoms with E-state index in [9.17, 15) is 10.1 Å². The summed E-state index contributed by atoms with van der Waals surface area (Å²) >= 11 is 9.78. The first-order chi connectivity index (χ1) is 9.44. The van der Waals surface area contributed by atoms with Gasteiger partial charge in [0.2, 0.25) is 0 Å². The monoisotopic (exact) mass is 361 g/mol. The van der Waals surface area contributed by atoms with Crippen LogP contribution in [0.15, 0.2) is 18.2 Å². The predicted molar refractivity (Wildman–Crippen MR) is 82.9 cm³/mol. The lowest BCUT2D eigenvalue weighted by Gasteiger charge is -2.52. The number of nitro groups is 1. The zero-order valence-corrected chi connectivity index (χ0v) is 13.8. The van der Waals surface area contributed by atoms with Gasteiger partial charge in [0.1, 0.15) is 11.9 Å². The molecule has 2 unspecified atom stereocenters. The first kappa shape index (κ1) is 15.6. The molecule has 0 aliphatic heterocycles. The lowest BCUT2D eigenvalue weighted by molar-refractivity contribution is -0.384. The third-order valence-electron chi connectivity index (χ3n) is 4.40. The largest absolute Gasteiger partial charge is 0.488 e. The van der Waals surface area contributed by atoms with Crippen LogP contribution in [0.5, 0.6) is 5.75 Å². The van der Waals surface area contributed by atoms with Crippen molar-refractivity contribution in [2.24, 2.45) is 5.41 Å². The minimum absolute atomic E-state index is 0.0217. The van der Waals surface area contributed by atoms with Gasteiger partial charge in [0.25, 0.3) is 5.69 Å². The second-order valence-electron chi connectivity index (χ2n) is 5.12. The molecule has 1 fully saturated rings. The fraction of sp³-hybridized carbons (Fsp3) is 0.571. The molecule has 0 N–H and O–H groups in total. The van der Waals surface area contributed by atoms with Gasteiger partial charge in [0.15, 0.2) is 0 Å². The van der Waals surface area contributed by atoms with Crippen LogP contribution in [0, 0.1) is 15.5 Å². The molecule has 1 aromatic carbocycles. The van der Waals surface area contributed by atoms with E-state index in [-0.39, 0.29) is 17.2 Å². The van der Waals surface area contributed by atoms with Crippen LogP contribution in [0.2, 0.25) is 5.02 Å². The highest BCUT2D eigenvalue weighted by atomic mass is 79.9. The summed E-state index contributed by atoms with van der Waals surface area (Å²) in [5.41, 5.74) is 0.0945. The molecule has 0 saturated heterocycles. The molecule has 0 heterocycles. The molecule has 0 radical (unpaired) electrons. The quantitative estimate of drug-likeness (QED) is 0.422. The summed E-state index contributed by atoms with van der Waals surface area (Å²) in [6, 6.07) is 4.34. The number of non-ortho nitro benzene ring substituents is 1. The van der Waals surface area contributed by atoms with Gasteiger partial charge in [-0.15, -0.1) is 0 Å². The number of benzene rings is 1. The second-order valence-corrected chi connectivity index (χ2v) is 6.63. The molecule has 2 atom stereocenters. The normalized spacial score (nSPS) is 24.0. The smallest absolute Gasteiger partial charge is 0.271 e. The van der Waals surface area contributed by atoms with E-state index >= 15 is 0 Å². The number of ether oxygens (including phenoxy) is 1. The molecule has 1 aliphatic carbocycles. The van der Waals surface area contributed by atoms with Gasteiger partial charge in [-0.3, -0.25) is 10.1 Å². The Morgan fingerprint density at radius 2 is 2.15 bits per heavy atom. The summed E-state index contributed by atoms with van der Waals surface area (Å²) in [6.45, 7) is 4.31. The Bertz CT molecular complexity index is 519. The van der Waals surface area contributed by atoms with Crippen LogP contribution in [0.1, 0.15) is 33.1 Å². The number of hydrogen-bond donors (Lipinski definition) is 0. The van der Waals surface area contributed by atoms with E-state index < -0.39 is 4.92 Å². The molecule has 4 nitrogen and oxygen atoms in total. The number of nitro benzene ring substituents is 1. The zero-order valence-electron chi connectivity index (χ0n) is 11.4. The molecule has 0 spiro atoms. The third-order valence-corrected chi connectivity index (χ3v) is 5.98. The molecule has 0 aromatic heterocycles. The van der Waals surface area contributed by atoms with E-state index in [0.717, 1.165) is 19.3 Å². The van der Waals surface area contributed by atoms with Gasteiger partial charge in [-0.2, -0.15) is 0 Å². The highest BCUT2D eigenvalue weighted by Gasteiger charge is 2.53. The summed E-state index contributed by atoms with van der Waals surface area (Å²) in [4.78, 5) is 10.7. The van der Waals surface area contributed by atoms with Gasteiger partial charge in [-0.05, 0) is 25.3 Å². The van der Waals surface area contributed by atoms with Crippen molar-refractivity contribution in [3.05, 3.63) is 33.3 Å². The molecule has 20 heavy (non-hydrogen) atoms. The highest BCUT2D eigenvalue weighted by Crippen LogP contribution is 2.53. The Hall–Kier alpha value is -0.810. The Labute approximate surface area is 131 Å². The standard InChI is InChI=1S/C14H17BrClNO3/c1-3-14(4-2)12(15)8-13(14)20-11-6-5-9(17(18)19)7-10(11)16/h5-7,12-13H,3-4,8H2,1-2H3. The van der Waals surface area contributed by atoms with Crippen LogP contribution in [-0.4, -0.2) is 15.9 Å². The predicted octanol–water partition coefficient (Wildman–Crippen LogP) is 4.97. The minimum Gasteiger partial charge on any atom is -0.488 e. The summed E-state index contributed by atoms with van der Waals surface area (Å²) in [6.07, 6.45) is 3.07. The molecule has 110 valence electrons. The van der Waals surface area contributed by atoms with E-state index in [1.165, 1.54) is 12.1 Å². The molecular weight excluding hydrogens is 346 g/mol. The number of hydrogen-bond acceptors (Lipinski definition) is 3. The maximum Gasteiger partial charge on any atom is 0.271 e. The van der Waals surface area contributed by atoms with Gasteiger partial charge in [0, 0.05) is 22.4 Å². The van der Waals surface area contributed by atoms with Crippen LogP contribution >= 0.6 is 27.5 Å². The molecule has 1 aliphatic rings. The highest BCUT2D eigenvalue weighted by molar-refractivity contribution is 9.09. The Morgan fingerprint density at radius 3 is 2.60 bits per heavy atom. The average molecular weight is 363 g/mol. The molecular formula is C14H17BrClNO3. The van der Waals surface area contributed by atoms with Crippen LogP contribution in [0.4, 0.5) is 5.69 Å². The van der Waals surface area contributed by atoms with Crippen LogP contribution in [0.25, 0.3) is 0 Å². The van der Waals surface area contributed by atoms with Crippen LogP contribution in [0.3, 0.4) is 0 Å². The molecule has 1 aromatic rings. The molecule has 1 saturated carbocycles. The zero-order chi connectivity index (χ0) is 14.9. The van der Waals surface area contributed by atoms with E-state index in [4.69, 9.17) is 16.3 Å². The van der Waals surface area contributed by atoms with Crippen molar-refractivity contribution in [1.29, 1.82) is 0 Å². The fourth-order valence-electron chi connectivity index (χ4n) is 2.86. The second kappa shape index (κ2) is 5.90. The van der Waals surface area contributed by atoms with Crippen LogP contribution in [-0.2, 0) is 0 Å². The maximum atomic E-state index is 10.7. The Morgan fingerprint density at radius 1 is 1.50 bits per heavy atom. The Balaban J connectivity index is 2.17. The lowest BCUT2D eigenvalue weighted by Crippen LogP contribution is -2.56. The fourth-order valence-corrected chi connectivity index (χ4v) is 4.37. The number of rotatable bonds is 5. The van der Waals surface area contributed by atoms with Crippen molar-refractivity contribution in [2.75, 3.05) is 0 Å². The summed E-state index contributed by atoms with van der Waals surface area (Å²) in [7, 11) is 0. The van der Waals surface area contributed by atoms with Crippen molar-refractivity contribution < 1.29 is 9.66 Å². The number of nitrogens with zero attached hydrogens (tertiary/aromatic N) is 1. The molecule has 2 rings (SSSR count). The van der Waals surface area contributed by atoms with Crippen molar-refractivity contribution in [3.63, 3.8) is 0 Å². The van der Waals surface area contributed by atoms with E-state index in [1.807, 2.05) is 0 Å². The van der Waals surface area contributed by atoms with Gasteiger partial charge < -0.3 is 4.74 Å². The van der Waals surface area contributed by atoms with Crippen molar-refractivity contribution in [1.82, 2.24) is 0 Å². The Kier molecular flexibility index (Phi) is 4.59. The van der Waals surface area contributed by atoms with Gasteiger partial charge in [0.05, 0.1) is 9.95 Å². The first-order valence-corrected chi connectivity index (χ1v) is 7.98. The number of halogens is 2. The summed E-state index contributed by atoms with van der Waals surface area (Å²) in [5, 5.41) is 11.0. The third kappa shape index (κ3) is 2.53. The minimum atomic E-state index is -0.462. The van der Waals surface area contributed by atoms with Gasteiger partial charge in [-0.1, -0.05) is 41.4 Å². The van der Waals surface area contributed by atoms with Crippen molar-refractivity contribution in [2.45, 2.75) is 44.0 Å². The molecule has 0 amide bonds. The van der Waals surface area contributed by atoms with Crippen molar-refractivity contribution in [3.8, 4) is 5.75 Å². The average Bonchev–Trinajstić information content (AvgIpc) is 2.41. The van der Waals surface area contributed by atoms with Crippen molar-refractivity contribution >= 4 is 33.2 Å². The first-order valence-electron chi connectivity index (χ1n) is 6.69. The topological polar surface area (TPSA) is 52.4 Å². The number of alkyl halides is 1. The van der Waals surface area contributed by atoms with E-state index in [2.05, 4.69) is 29.8 Å².